The van der Waals surface area contributed by atoms with Crippen LogP contribution >= 0.6 is 0 Å². The molecule has 2 fully saturated rings. The first-order valence-corrected chi connectivity index (χ1v) is 10.0. The molecule has 5 nitrogen and oxygen atoms in total. The maximum Gasteiger partial charge on any atom is 0.510 e. The molecule has 1 unspecified atom stereocenters. The van der Waals surface area contributed by atoms with E-state index in [4.69, 9.17) is 19.3 Å². The van der Waals surface area contributed by atoms with Gasteiger partial charge in [0.15, 0.2) is 0 Å². The van der Waals surface area contributed by atoms with Crippen LogP contribution in [0.5, 0.6) is 5.75 Å². The maximum absolute atomic E-state index is 11.2. The standard InChI is InChI=1S/C21H28O5/c22-19(23)25-20-24-18-14-8-7-13-17(18)21(26-20,15-9-3-1-4-10-15)16-11-5-2-6-12-16/h7-8,13-16,20H,1-6,9-12H2,(H,22,23). The minimum Gasteiger partial charge on any atom is -0.450 e. The van der Waals surface area contributed by atoms with Gasteiger partial charge in [0.05, 0.1) is 0 Å². The number of rotatable bonds is 3. The number of fused-ring (bicyclic) bond motifs is 1. The smallest absolute Gasteiger partial charge is 0.450 e. The fourth-order valence-electron chi connectivity index (χ4n) is 5.40. The Morgan fingerprint density at radius 2 is 1.54 bits per heavy atom. The highest BCUT2D eigenvalue weighted by molar-refractivity contribution is 5.57. The predicted molar refractivity (Wildman–Crippen MR) is 95.9 cm³/mol. The minimum absolute atomic E-state index is 0.379. The molecular weight excluding hydrogens is 332 g/mol. The van der Waals surface area contributed by atoms with E-state index in [9.17, 15) is 4.79 Å². The van der Waals surface area contributed by atoms with E-state index in [0.717, 1.165) is 31.2 Å². The van der Waals surface area contributed by atoms with E-state index in [0.29, 0.717) is 17.6 Å². The van der Waals surface area contributed by atoms with Gasteiger partial charge in [-0.3, -0.25) is 4.74 Å². The Morgan fingerprint density at radius 1 is 0.962 bits per heavy atom. The molecule has 2 saturated carbocycles. The lowest BCUT2D eigenvalue weighted by molar-refractivity contribution is -0.324. The lowest BCUT2D eigenvalue weighted by atomic mass is 9.63. The van der Waals surface area contributed by atoms with Crippen molar-refractivity contribution < 1.29 is 24.1 Å². The summed E-state index contributed by atoms with van der Waals surface area (Å²) >= 11 is 0. The number of benzene rings is 1. The molecule has 142 valence electrons. The third kappa shape index (κ3) is 3.18. The highest BCUT2D eigenvalue weighted by Crippen LogP contribution is 2.55. The van der Waals surface area contributed by atoms with Gasteiger partial charge in [-0.1, -0.05) is 56.7 Å². The number of hydrogen-bond acceptors (Lipinski definition) is 4. The van der Waals surface area contributed by atoms with Crippen molar-refractivity contribution in [3.05, 3.63) is 29.8 Å². The van der Waals surface area contributed by atoms with Crippen LogP contribution in [-0.2, 0) is 15.1 Å². The molecule has 2 aliphatic carbocycles. The Kier molecular flexibility index (Phi) is 5.07. The Morgan fingerprint density at radius 3 is 2.12 bits per heavy atom. The van der Waals surface area contributed by atoms with E-state index in [-0.39, 0.29) is 0 Å². The summed E-state index contributed by atoms with van der Waals surface area (Å²) in [5.74, 6) is 1.47. The van der Waals surface area contributed by atoms with Gasteiger partial charge in [-0.25, -0.2) is 4.79 Å². The van der Waals surface area contributed by atoms with E-state index in [1.807, 2.05) is 18.2 Å². The Balaban J connectivity index is 1.79. The summed E-state index contributed by atoms with van der Waals surface area (Å²) in [4.78, 5) is 11.2. The Hall–Kier alpha value is -1.75. The van der Waals surface area contributed by atoms with Crippen LogP contribution < -0.4 is 4.74 Å². The van der Waals surface area contributed by atoms with Crippen molar-refractivity contribution in [1.82, 2.24) is 0 Å². The van der Waals surface area contributed by atoms with Gasteiger partial charge in [0.1, 0.15) is 11.4 Å². The van der Waals surface area contributed by atoms with Crippen molar-refractivity contribution in [3.63, 3.8) is 0 Å². The highest BCUT2D eigenvalue weighted by atomic mass is 16.9. The van der Waals surface area contributed by atoms with Gasteiger partial charge in [-0.05, 0) is 43.6 Å². The average Bonchev–Trinajstić information content (AvgIpc) is 2.68. The predicted octanol–water partition coefficient (Wildman–Crippen LogP) is 5.43. The molecule has 1 atom stereocenters. The zero-order valence-corrected chi connectivity index (χ0v) is 15.2. The second-order valence-corrected chi connectivity index (χ2v) is 7.87. The van der Waals surface area contributed by atoms with Crippen molar-refractivity contribution in [1.29, 1.82) is 0 Å². The lowest BCUT2D eigenvalue weighted by Gasteiger charge is -2.52. The topological polar surface area (TPSA) is 65.0 Å². The molecule has 4 rings (SSSR count). The van der Waals surface area contributed by atoms with Crippen LogP contribution in [-0.4, -0.2) is 17.7 Å². The third-order valence-corrected chi connectivity index (χ3v) is 6.44. The molecule has 0 aromatic heterocycles. The Bertz CT molecular complexity index is 613. The SMILES string of the molecule is O=C(O)OC1Oc2ccccc2C(C2CCCCC2)(C2CCCCC2)O1. The second-order valence-electron chi connectivity index (χ2n) is 7.87. The summed E-state index contributed by atoms with van der Waals surface area (Å²) in [6.45, 7) is -1.19. The van der Waals surface area contributed by atoms with Crippen LogP contribution in [0.4, 0.5) is 4.79 Å². The minimum atomic E-state index is -1.37. The molecule has 26 heavy (non-hydrogen) atoms. The number of para-hydroxylation sites is 1. The van der Waals surface area contributed by atoms with Gasteiger partial charge in [0.2, 0.25) is 0 Å². The summed E-state index contributed by atoms with van der Waals surface area (Å²) in [7, 11) is 0. The number of carboxylic acid groups (broad SMARTS) is 1. The van der Waals surface area contributed by atoms with E-state index >= 15 is 0 Å². The van der Waals surface area contributed by atoms with Crippen molar-refractivity contribution in [2.75, 3.05) is 0 Å². The molecule has 3 aliphatic rings. The largest absolute Gasteiger partial charge is 0.510 e. The first-order chi connectivity index (χ1) is 12.7. The molecule has 1 aliphatic heterocycles. The molecule has 0 spiro atoms. The first kappa shape index (κ1) is 17.7. The van der Waals surface area contributed by atoms with Crippen LogP contribution in [0.1, 0.15) is 69.8 Å². The van der Waals surface area contributed by atoms with Crippen LogP contribution in [0.2, 0.25) is 0 Å². The van der Waals surface area contributed by atoms with Gasteiger partial charge < -0.3 is 14.6 Å². The van der Waals surface area contributed by atoms with Crippen molar-refractivity contribution in [2.24, 2.45) is 11.8 Å². The van der Waals surface area contributed by atoms with E-state index in [2.05, 4.69) is 6.07 Å². The van der Waals surface area contributed by atoms with E-state index < -0.39 is 18.2 Å². The molecule has 0 saturated heterocycles. The summed E-state index contributed by atoms with van der Waals surface area (Å²) in [6, 6.07) is 7.98. The molecule has 0 bridgehead atoms. The molecule has 5 heteroatoms. The third-order valence-electron chi connectivity index (χ3n) is 6.44. The fourth-order valence-corrected chi connectivity index (χ4v) is 5.40. The molecule has 1 N–H and O–H groups in total. The maximum atomic E-state index is 11.2. The number of ether oxygens (including phenoxy) is 3. The molecule has 0 radical (unpaired) electrons. The van der Waals surface area contributed by atoms with E-state index in [1.54, 1.807) is 0 Å². The summed E-state index contributed by atoms with van der Waals surface area (Å²) in [5.41, 5.74) is 0.583. The van der Waals surface area contributed by atoms with Crippen molar-refractivity contribution in [2.45, 2.75) is 76.3 Å². The van der Waals surface area contributed by atoms with Gasteiger partial charge >= 0.3 is 12.6 Å². The van der Waals surface area contributed by atoms with Crippen LogP contribution in [0.15, 0.2) is 24.3 Å². The summed E-state index contributed by atoms with van der Waals surface area (Å²) < 4.78 is 17.2. The van der Waals surface area contributed by atoms with Crippen molar-refractivity contribution >= 4 is 6.16 Å². The summed E-state index contributed by atoms with van der Waals surface area (Å²) in [5, 5.41) is 9.12. The molecule has 1 aromatic carbocycles. The second kappa shape index (κ2) is 7.47. The quantitative estimate of drug-likeness (QED) is 0.728. The van der Waals surface area contributed by atoms with Gasteiger partial charge in [-0.15, -0.1) is 0 Å². The van der Waals surface area contributed by atoms with E-state index in [1.165, 1.54) is 38.5 Å². The molecule has 1 heterocycles. The van der Waals surface area contributed by atoms with Gasteiger partial charge in [0, 0.05) is 5.56 Å². The Labute approximate surface area is 154 Å². The fraction of sp³-hybridized carbons (Fsp3) is 0.667. The highest BCUT2D eigenvalue weighted by Gasteiger charge is 2.54. The average molecular weight is 360 g/mol. The van der Waals surface area contributed by atoms with Crippen LogP contribution in [0, 0.1) is 11.8 Å². The van der Waals surface area contributed by atoms with Crippen molar-refractivity contribution in [3.8, 4) is 5.75 Å². The van der Waals surface area contributed by atoms with Crippen LogP contribution in [0.3, 0.4) is 0 Å². The van der Waals surface area contributed by atoms with Gasteiger partial charge in [0.25, 0.3) is 0 Å². The van der Waals surface area contributed by atoms with Gasteiger partial charge in [-0.2, -0.15) is 0 Å². The zero-order chi connectivity index (χ0) is 18.0. The number of carbonyl (C=O) groups is 1. The lowest BCUT2D eigenvalue weighted by Crippen LogP contribution is -2.53. The molecule has 0 amide bonds. The molecular formula is C21H28O5. The monoisotopic (exact) mass is 360 g/mol. The normalized spacial score (nSPS) is 26.5. The first-order valence-electron chi connectivity index (χ1n) is 10.0. The zero-order valence-electron chi connectivity index (χ0n) is 15.2. The molecule has 1 aromatic rings. The summed E-state index contributed by atoms with van der Waals surface area (Å²) in [6.07, 6.45) is 10.5. The number of hydrogen-bond donors (Lipinski definition) is 1. The van der Waals surface area contributed by atoms with Crippen LogP contribution in [0.25, 0.3) is 0 Å².